The Hall–Kier alpha value is -1.36. The van der Waals surface area contributed by atoms with Crippen LogP contribution in [0.15, 0.2) is 18.2 Å². The van der Waals surface area contributed by atoms with Crippen molar-refractivity contribution < 1.29 is 9.13 Å². The van der Waals surface area contributed by atoms with Crippen molar-refractivity contribution in [2.75, 3.05) is 5.32 Å². The van der Waals surface area contributed by atoms with Crippen molar-refractivity contribution in [1.29, 1.82) is 0 Å². The van der Waals surface area contributed by atoms with E-state index in [4.69, 9.17) is 22.7 Å². The maximum Gasteiger partial charge on any atom is 0.178 e. The molecule has 1 saturated carbocycles. The van der Waals surface area contributed by atoms with E-state index in [1.165, 1.54) is 6.07 Å². The summed E-state index contributed by atoms with van der Waals surface area (Å²) in [5.74, 6) is -0.176. The molecule has 0 heterocycles. The van der Waals surface area contributed by atoms with E-state index < -0.39 is 5.82 Å². The van der Waals surface area contributed by atoms with Gasteiger partial charge in [-0.05, 0) is 50.0 Å². The van der Waals surface area contributed by atoms with Gasteiger partial charge in [0.1, 0.15) is 0 Å². The minimum absolute atomic E-state index is 0.0961. The molecular weight excluding hydrogens is 239 g/mol. The first-order chi connectivity index (χ1) is 8.16. The van der Waals surface area contributed by atoms with Crippen LogP contribution in [0.3, 0.4) is 0 Å². The van der Waals surface area contributed by atoms with Crippen molar-refractivity contribution in [3.05, 3.63) is 24.0 Å². The van der Waals surface area contributed by atoms with E-state index in [0.29, 0.717) is 5.69 Å². The Balaban J connectivity index is 2.19. The third-order valence-corrected chi connectivity index (χ3v) is 2.91. The Bertz CT molecular complexity index is 419. The number of thiocarbonyl (C=S) groups is 1. The van der Waals surface area contributed by atoms with E-state index in [2.05, 4.69) is 5.32 Å². The molecule has 5 heteroatoms. The number of hydrogen-bond donors (Lipinski definition) is 2. The van der Waals surface area contributed by atoms with E-state index in [1.54, 1.807) is 12.1 Å². The van der Waals surface area contributed by atoms with E-state index >= 15 is 0 Å². The molecule has 0 saturated heterocycles. The van der Waals surface area contributed by atoms with Crippen molar-refractivity contribution in [1.82, 2.24) is 0 Å². The minimum atomic E-state index is -0.391. The quantitative estimate of drug-likeness (QED) is 0.814. The molecule has 0 spiro atoms. The van der Waals surface area contributed by atoms with E-state index in [-0.39, 0.29) is 17.0 Å². The molecule has 0 amide bonds. The third kappa shape index (κ3) is 3.06. The Labute approximate surface area is 105 Å². The Morgan fingerprint density at radius 2 is 2.12 bits per heavy atom. The van der Waals surface area contributed by atoms with E-state index in [0.717, 1.165) is 25.7 Å². The summed E-state index contributed by atoms with van der Waals surface area (Å²) in [7, 11) is 0. The number of nitrogens with two attached hydrogens (primary N) is 1. The van der Waals surface area contributed by atoms with Crippen LogP contribution in [-0.4, -0.2) is 11.2 Å². The second-order valence-electron chi connectivity index (χ2n) is 4.13. The maximum absolute atomic E-state index is 13.7. The Morgan fingerprint density at radius 1 is 1.41 bits per heavy atom. The molecule has 3 N–H and O–H groups in total. The van der Waals surface area contributed by atoms with Gasteiger partial charge < -0.3 is 15.8 Å². The van der Waals surface area contributed by atoms with Gasteiger partial charge in [0.05, 0.1) is 11.8 Å². The molecule has 0 bridgehead atoms. The van der Waals surface area contributed by atoms with Crippen LogP contribution in [0.1, 0.15) is 25.7 Å². The van der Waals surface area contributed by atoms with Crippen molar-refractivity contribution in [3.8, 4) is 5.75 Å². The van der Waals surface area contributed by atoms with Crippen LogP contribution >= 0.6 is 12.2 Å². The van der Waals surface area contributed by atoms with Crippen molar-refractivity contribution >= 4 is 23.0 Å². The summed E-state index contributed by atoms with van der Waals surface area (Å²) in [4.78, 5) is 0. The molecule has 1 fully saturated rings. The number of hydrogen-bond acceptors (Lipinski definition) is 2. The fourth-order valence-corrected chi connectivity index (χ4v) is 2.14. The molecule has 92 valence electrons. The highest BCUT2D eigenvalue weighted by atomic mass is 32.1. The van der Waals surface area contributed by atoms with Crippen LogP contribution in [0.5, 0.6) is 5.75 Å². The van der Waals surface area contributed by atoms with Crippen LogP contribution < -0.4 is 15.8 Å². The number of benzene rings is 1. The van der Waals surface area contributed by atoms with Gasteiger partial charge in [-0.1, -0.05) is 6.07 Å². The summed E-state index contributed by atoms with van der Waals surface area (Å²) in [5.41, 5.74) is 5.88. The lowest BCUT2D eigenvalue weighted by atomic mass is 10.2. The molecule has 1 aliphatic carbocycles. The summed E-state index contributed by atoms with van der Waals surface area (Å²) >= 11 is 4.75. The average molecular weight is 254 g/mol. The van der Waals surface area contributed by atoms with Gasteiger partial charge in [0.25, 0.3) is 0 Å². The zero-order valence-electron chi connectivity index (χ0n) is 9.41. The topological polar surface area (TPSA) is 47.3 Å². The third-order valence-electron chi connectivity index (χ3n) is 2.81. The average Bonchev–Trinajstić information content (AvgIpc) is 2.75. The fraction of sp³-hybridized carbons (Fsp3) is 0.417. The predicted octanol–water partition coefficient (Wildman–Crippen LogP) is 2.80. The summed E-state index contributed by atoms with van der Waals surface area (Å²) in [6, 6.07) is 4.67. The van der Waals surface area contributed by atoms with Crippen molar-refractivity contribution in [3.63, 3.8) is 0 Å². The molecule has 1 aromatic rings. The first kappa shape index (κ1) is 12.1. The van der Waals surface area contributed by atoms with Gasteiger partial charge in [0, 0.05) is 0 Å². The van der Waals surface area contributed by atoms with Gasteiger partial charge in [0.15, 0.2) is 16.7 Å². The molecule has 2 rings (SSSR count). The van der Waals surface area contributed by atoms with Gasteiger partial charge in [-0.15, -0.1) is 0 Å². The van der Waals surface area contributed by atoms with Crippen LogP contribution in [0.2, 0.25) is 0 Å². The molecule has 0 aliphatic heterocycles. The summed E-state index contributed by atoms with van der Waals surface area (Å²) in [6.07, 6.45) is 4.31. The van der Waals surface area contributed by atoms with Gasteiger partial charge in [0.2, 0.25) is 0 Å². The molecule has 3 nitrogen and oxygen atoms in total. The number of halogens is 1. The smallest absolute Gasteiger partial charge is 0.178 e. The van der Waals surface area contributed by atoms with Gasteiger partial charge >= 0.3 is 0 Å². The first-order valence-electron chi connectivity index (χ1n) is 5.68. The number of nitrogens with one attached hydrogen (secondary N) is 1. The molecular formula is C12H15FN2OS. The largest absolute Gasteiger partial charge is 0.485 e. The monoisotopic (exact) mass is 254 g/mol. The summed E-state index contributed by atoms with van der Waals surface area (Å²) in [6.45, 7) is 0. The molecule has 17 heavy (non-hydrogen) atoms. The van der Waals surface area contributed by atoms with Crippen LogP contribution in [0.4, 0.5) is 10.1 Å². The van der Waals surface area contributed by atoms with E-state index in [9.17, 15) is 4.39 Å². The highest BCUT2D eigenvalue weighted by Crippen LogP contribution is 2.32. The van der Waals surface area contributed by atoms with E-state index in [1.807, 2.05) is 0 Å². The molecule has 0 aromatic heterocycles. The zero-order chi connectivity index (χ0) is 12.3. The first-order valence-corrected chi connectivity index (χ1v) is 6.09. The predicted molar refractivity (Wildman–Crippen MR) is 69.7 cm³/mol. The second kappa shape index (κ2) is 5.31. The SMILES string of the molecule is NC(=S)Nc1cccc(F)c1OC1CCCC1. The lowest BCUT2D eigenvalue weighted by Gasteiger charge is -2.17. The molecule has 1 aliphatic rings. The lowest BCUT2D eigenvalue weighted by Crippen LogP contribution is -2.21. The Kier molecular flexibility index (Phi) is 3.78. The van der Waals surface area contributed by atoms with Crippen molar-refractivity contribution in [2.24, 2.45) is 5.73 Å². The summed E-state index contributed by atoms with van der Waals surface area (Å²) < 4.78 is 19.4. The number of rotatable bonds is 3. The highest BCUT2D eigenvalue weighted by Gasteiger charge is 2.20. The fourth-order valence-electron chi connectivity index (χ4n) is 2.03. The highest BCUT2D eigenvalue weighted by molar-refractivity contribution is 7.80. The standard InChI is InChI=1S/C12H15FN2OS/c13-9-6-3-7-10(15-12(14)17)11(9)16-8-4-1-2-5-8/h3,6-8H,1-2,4-5H2,(H3,14,15,17). The normalized spacial score (nSPS) is 15.8. The molecule has 0 radical (unpaired) electrons. The molecule has 1 aromatic carbocycles. The zero-order valence-corrected chi connectivity index (χ0v) is 10.2. The van der Waals surface area contributed by atoms with Crippen LogP contribution in [0, 0.1) is 5.82 Å². The molecule has 0 atom stereocenters. The minimum Gasteiger partial charge on any atom is -0.485 e. The maximum atomic E-state index is 13.7. The number of anilines is 1. The molecule has 0 unspecified atom stereocenters. The van der Waals surface area contributed by atoms with Crippen molar-refractivity contribution in [2.45, 2.75) is 31.8 Å². The van der Waals surface area contributed by atoms with Gasteiger partial charge in [-0.25, -0.2) is 4.39 Å². The van der Waals surface area contributed by atoms with Crippen LogP contribution in [-0.2, 0) is 0 Å². The number of para-hydroxylation sites is 1. The Morgan fingerprint density at radius 3 is 2.76 bits per heavy atom. The second-order valence-corrected chi connectivity index (χ2v) is 4.57. The number of ether oxygens (including phenoxy) is 1. The van der Waals surface area contributed by atoms with Gasteiger partial charge in [-0.3, -0.25) is 0 Å². The summed E-state index contributed by atoms with van der Waals surface area (Å²) in [5, 5.41) is 2.84. The van der Waals surface area contributed by atoms with Gasteiger partial charge in [-0.2, -0.15) is 0 Å². The van der Waals surface area contributed by atoms with Crippen LogP contribution in [0.25, 0.3) is 0 Å². The lowest BCUT2D eigenvalue weighted by molar-refractivity contribution is 0.202.